The van der Waals surface area contributed by atoms with Gasteiger partial charge in [0, 0.05) is 12.4 Å². The first-order valence-corrected chi connectivity index (χ1v) is 12.6. The van der Waals surface area contributed by atoms with Gasteiger partial charge in [0.2, 0.25) is 23.2 Å². The molecule has 2 fully saturated rings. The minimum absolute atomic E-state index is 0.198. The Kier molecular flexibility index (Phi) is 4.65. The largest absolute Gasteiger partial charge is 0.422 e. The normalized spacial score (nSPS) is 21.4. The highest BCUT2D eigenvalue weighted by Crippen LogP contribution is 2.42. The van der Waals surface area contributed by atoms with Crippen LogP contribution >= 0.6 is 0 Å². The van der Waals surface area contributed by atoms with Crippen molar-refractivity contribution in [3.8, 4) is 0 Å². The number of fused-ring (bicyclic) bond motifs is 3. The second-order valence-electron chi connectivity index (χ2n) is 9.28. The van der Waals surface area contributed by atoms with Crippen LogP contribution in [0.5, 0.6) is 0 Å². The Morgan fingerprint density at radius 3 is 1.35 bits per heavy atom. The fraction of sp³-hybridized carbons (Fsp3) is 0.0714. The number of aliphatic imine (C=N–C) groups is 2. The van der Waals surface area contributed by atoms with Crippen LogP contribution in [-0.4, -0.2) is 31.9 Å². The van der Waals surface area contributed by atoms with Gasteiger partial charge in [-0.05, 0) is 48.5 Å². The molecule has 0 atom stereocenters. The highest BCUT2D eigenvalue weighted by atomic mass is 16.4. The molecule has 40 heavy (non-hydrogen) atoms. The molecule has 12 heteroatoms. The standard InChI is InChI=1S/C28H20N10O2/c1-3-11-19-17(9-1)31-25(39-19)33-23-35-27(21-13-5-7-15-29-21)28(36-23,22-14-6-8-16-30-22)38-24(37-27)34-26-32-18-10-2-4-12-20(18)40-26/h1-16H,(H2,31,33,35,36)(H2,32,34,37,38). The molecule has 2 aliphatic heterocycles. The summed E-state index contributed by atoms with van der Waals surface area (Å²) in [6.45, 7) is 0. The number of hydrogen-bond acceptors (Lipinski definition) is 8. The zero-order valence-corrected chi connectivity index (χ0v) is 20.7. The molecule has 12 nitrogen and oxygen atoms in total. The molecule has 0 unspecified atom stereocenters. The number of rotatable bonds is 4. The van der Waals surface area contributed by atoms with Gasteiger partial charge in [-0.3, -0.25) is 9.97 Å². The van der Waals surface area contributed by atoms with Crippen molar-refractivity contribution in [2.45, 2.75) is 11.3 Å². The number of hydrogen-bond donors (Lipinski definition) is 4. The zero-order chi connectivity index (χ0) is 26.6. The lowest BCUT2D eigenvalue weighted by Crippen LogP contribution is -2.61. The Hall–Kier alpha value is -5.78. The van der Waals surface area contributed by atoms with Crippen LogP contribution in [0.25, 0.3) is 22.2 Å². The van der Waals surface area contributed by atoms with Crippen molar-refractivity contribution in [2.75, 3.05) is 0 Å². The molecule has 0 amide bonds. The first kappa shape index (κ1) is 22.2. The first-order chi connectivity index (χ1) is 19.7. The maximum absolute atomic E-state index is 5.86. The second-order valence-corrected chi connectivity index (χ2v) is 9.28. The minimum Gasteiger partial charge on any atom is -0.422 e. The van der Waals surface area contributed by atoms with E-state index < -0.39 is 11.3 Å². The van der Waals surface area contributed by atoms with Crippen LogP contribution in [0.3, 0.4) is 0 Å². The summed E-state index contributed by atoms with van der Waals surface area (Å²) < 4.78 is 11.7. The van der Waals surface area contributed by atoms with E-state index in [2.05, 4.69) is 41.2 Å². The maximum Gasteiger partial charge on any atom is 0.325 e. The summed E-state index contributed by atoms with van der Waals surface area (Å²) in [5.41, 5.74) is 1.77. The summed E-state index contributed by atoms with van der Waals surface area (Å²) in [5, 5.41) is 14.0. The van der Waals surface area contributed by atoms with Crippen LogP contribution in [0.4, 0.5) is 12.0 Å². The number of nitrogens with zero attached hydrogens (tertiary/aromatic N) is 6. The van der Waals surface area contributed by atoms with Gasteiger partial charge in [0.05, 0.1) is 11.4 Å². The number of nitrogens with one attached hydrogen (secondary N) is 4. The lowest BCUT2D eigenvalue weighted by molar-refractivity contribution is 0.197. The van der Waals surface area contributed by atoms with Gasteiger partial charge in [-0.1, -0.05) is 36.4 Å². The molecule has 2 aromatic carbocycles. The van der Waals surface area contributed by atoms with E-state index in [-0.39, 0.29) is 12.0 Å². The summed E-state index contributed by atoms with van der Waals surface area (Å²) in [6, 6.07) is 26.8. The van der Waals surface area contributed by atoms with Gasteiger partial charge in [-0.15, -0.1) is 0 Å². The minimum atomic E-state index is -1.13. The van der Waals surface area contributed by atoms with E-state index in [4.69, 9.17) is 18.8 Å². The first-order valence-electron chi connectivity index (χ1n) is 12.6. The van der Waals surface area contributed by atoms with Crippen molar-refractivity contribution in [1.82, 2.24) is 41.2 Å². The Bertz CT molecular complexity index is 1710. The average molecular weight is 529 g/mol. The Balaban J connectivity index is 1.28. The van der Waals surface area contributed by atoms with E-state index in [0.29, 0.717) is 45.5 Å². The fourth-order valence-corrected chi connectivity index (χ4v) is 5.14. The van der Waals surface area contributed by atoms with Crippen LogP contribution in [0.15, 0.2) is 116 Å². The number of pyridine rings is 2. The van der Waals surface area contributed by atoms with Crippen LogP contribution in [0, 0.1) is 0 Å². The molecule has 2 aliphatic rings. The smallest absolute Gasteiger partial charge is 0.325 e. The molecule has 6 heterocycles. The molecule has 2 saturated heterocycles. The van der Waals surface area contributed by atoms with E-state index in [1.54, 1.807) is 12.4 Å². The van der Waals surface area contributed by atoms with Gasteiger partial charge in [-0.25, -0.2) is 0 Å². The summed E-state index contributed by atoms with van der Waals surface area (Å²) in [5.74, 6) is 0.785. The highest BCUT2D eigenvalue weighted by molar-refractivity contribution is 5.95. The van der Waals surface area contributed by atoms with E-state index in [0.717, 1.165) is 0 Å². The Morgan fingerprint density at radius 1 is 0.525 bits per heavy atom. The monoisotopic (exact) mass is 528 g/mol. The van der Waals surface area contributed by atoms with Crippen molar-refractivity contribution in [3.63, 3.8) is 0 Å². The van der Waals surface area contributed by atoms with Gasteiger partial charge in [-0.2, -0.15) is 20.0 Å². The third-order valence-electron chi connectivity index (χ3n) is 6.86. The van der Waals surface area contributed by atoms with Crippen molar-refractivity contribution in [1.29, 1.82) is 0 Å². The molecule has 4 N–H and O–H groups in total. The molecular formula is C28H20N10O2. The van der Waals surface area contributed by atoms with E-state index in [9.17, 15) is 0 Å². The van der Waals surface area contributed by atoms with Gasteiger partial charge in [0.15, 0.2) is 11.2 Å². The molecule has 0 bridgehead atoms. The summed E-state index contributed by atoms with van der Waals surface area (Å²) in [6.07, 6.45) is 3.45. The summed E-state index contributed by atoms with van der Waals surface area (Å²) in [7, 11) is 0. The van der Waals surface area contributed by atoms with Gasteiger partial charge >= 0.3 is 12.0 Å². The number of guanidine groups is 2. The van der Waals surface area contributed by atoms with E-state index in [1.807, 2.05) is 84.9 Å². The van der Waals surface area contributed by atoms with Gasteiger partial charge in [0.25, 0.3) is 0 Å². The predicted octanol–water partition coefficient (Wildman–Crippen LogP) is 3.53. The van der Waals surface area contributed by atoms with Crippen LogP contribution in [-0.2, 0) is 11.3 Å². The Labute approximate surface area is 226 Å². The van der Waals surface area contributed by atoms with Gasteiger partial charge in [0.1, 0.15) is 11.0 Å². The molecule has 0 saturated carbocycles. The molecule has 6 aromatic rings. The van der Waals surface area contributed by atoms with Crippen LogP contribution in [0.2, 0.25) is 0 Å². The third-order valence-corrected chi connectivity index (χ3v) is 6.86. The number of oxazole rings is 2. The van der Waals surface area contributed by atoms with Crippen LogP contribution < -0.4 is 21.3 Å². The zero-order valence-electron chi connectivity index (χ0n) is 20.7. The maximum atomic E-state index is 5.86. The average Bonchev–Trinajstić information content (AvgIpc) is 3.73. The molecule has 194 valence electrons. The van der Waals surface area contributed by atoms with Crippen molar-refractivity contribution in [3.05, 3.63) is 109 Å². The summed E-state index contributed by atoms with van der Waals surface area (Å²) in [4.78, 5) is 27.7. The van der Waals surface area contributed by atoms with Crippen molar-refractivity contribution >= 4 is 46.1 Å². The predicted molar refractivity (Wildman–Crippen MR) is 147 cm³/mol. The summed E-state index contributed by atoms with van der Waals surface area (Å²) >= 11 is 0. The Morgan fingerprint density at radius 2 is 0.950 bits per heavy atom. The SMILES string of the molecule is c1ccc(C23NC(=Nc4nc5ccccc5o4)NC2(c2ccccn2)NC(=Nc2nc4ccccc4o2)N3)nc1. The molecular weight excluding hydrogens is 508 g/mol. The molecule has 4 aromatic heterocycles. The molecule has 0 aliphatic carbocycles. The van der Waals surface area contributed by atoms with Crippen molar-refractivity contribution < 1.29 is 8.83 Å². The lowest BCUT2D eigenvalue weighted by Gasteiger charge is -2.36. The molecule has 8 rings (SSSR count). The second kappa shape index (κ2) is 8.36. The molecule has 0 spiro atoms. The van der Waals surface area contributed by atoms with E-state index in [1.165, 1.54) is 0 Å². The topological polar surface area (TPSA) is 151 Å². The number of benzene rings is 2. The lowest BCUT2D eigenvalue weighted by atomic mass is 9.88. The fourth-order valence-electron chi connectivity index (χ4n) is 5.14. The van der Waals surface area contributed by atoms with Crippen LogP contribution in [0.1, 0.15) is 11.4 Å². The van der Waals surface area contributed by atoms with E-state index >= 15 is 0 Å². The third kappa shape index (κ3) is 3.32. The quantitative estimate of drug-likeness (QED) is 0.268. The number of aromatic nitrogens is 4. The molecule has 0 radical (unpaired) electrons. The highest BCUT2D eigenvalue weighted by Gasteiger charge is 2.67. The van der Waals surface area contributed by atoms with Gasteiger partial charge < -0.3 is 30.1 Å². The van der Waals surface area contributed by atoms with Crippen molar-refractivity contribution in [2.24, 2.45) is 9.98 Å². The number of para-hydroxylation sites is 4.